The Morgan fingerprint density at radius 1 is 1.32 bits per heavy atom. The van der Waals surface area contributed by atoms with Crippen LogP contribution in [0.15, 0.2) is 18.2 Å². The number of ketones is 1. The molecule has 19 heavy (non-hydrogen) atoms. The summed E-state index contributed by atoms with van der Waals surface area (Å²) in [6.07, 6.45) is 0.243. The van der Waals surface area contributed by atoms with E-state index in [0.717, 1.165) is 11.1 Å². The lowest BCUT2D eigenvalue weighted by atomic mass is 9.84. The molecular weight excluding hydrogens is 240 g/mol. The highest BCUT2D eigenvalue weighted by molar-refractivity contribution is 6.02. The summed E-state index contributed by atoms with van der Waals surface area (Å²) in [6, 6.07) is 5.95. The van der Waals surface area contributed by atoms with Crippen molar-refractivity contribution in [1.29, 1.82) is 0 Å². The van der Waals surface area contributed by atoms with E-state index in [0.29, 0.717) is 18.4 Å². The van der Waals surface area contributed by atoms with E-state index in [4.69, 9.17) is 4.74 Å². The van der Waals surface area contributed by atoms with Gasteiger partial charge < -0.3 is 4.74 Å². The van der Waals surface area contributed by atoms with Crippen LogP contribution in [0, 0.1) is 6.92 Å². The normalized spacial score (nSPS) is 19.4. The topological polar surface area (TPSA) is 43.4 Å². The maximum Gasteiger partial charge on any atom is 0.306 e. The first-order valence-electron chi connectivity index (χ1n) is 6.64. The molecule has 2 rings (SSSR count). The van der Waals surface area contributed by atoms with E-state index in [9.17, 15) is 9.59 Å². The summed E-state index contributed by atoms with van der Waals surface area (Å²) in [5.41, 5.74) is 2.72. The Morgan fingerprint density at radius 2 is 2.00 bits per heavy atom. The number of benzene rings is 1. The van der Waals surface area contributed by atoms with Crippen molar-refractivity contribution in [2.45, 2.75) is 52.1 Å². The molecule has 0 saturated carbocycles. The smallest absolute Gasteiger partial charge is 0.306 e. The van der Waals surface area contributed by atoms with E-state index < -0.39 is 6.10 Å². The van der Waals surface area contributed by atoms with E-state index in [2.05, 4.69) is 20.8 Å². The number of hydrogen-bond acceptors (Lipinski definition) is 3. The van der Waals surface area contributed by atoms with Gasteiger partial charge in [0.1, 0.15) is 0 Å². The minimum atomic E-state index is -0.596. The fourth-order valence-electron chi connectivity index (χ4n) is 2.24. The number of carbonyl (C=O) groups is 2. The van der Waals surface area contributed by atoms with Crippen molar-refractivity contribution in [3.8, 4) is 0 Å². The van der Waals surface area contributed by atoms with Gasteiger partial charge in [-0.2, -0.15) is 0 Å². The van der Waals surface area contributed by atoms with Gasteiger partial charge in [-0.3, -0.25) is 9.59 Å². The number of cyclic esters (lactones) is 1. The van der Waals surface area contributed by atoms with E-state index in [1.54, 1.807) is 0 Å². The molecule has 0 N–H and O–H groups in total. The first-order chi connectivity index (χ1) is 8.79. The Kier molecular flexibility index (Phi) is 3.48. The zero-order valence-electron chi connectivity index (χ0n) is 11.9. The first kappa shape index (κ1) is 13.8. The molecular formula is C16H20O3. The molecule has 1 fully saturated rings. The summed E-state index contributed by atoms with van der Waals surface area (Å²) in [5, 5.41) is 0. The second-order valence-electron chi connectivity index (χ2n) is 6.16. The number of aryl methyl sites for hydroxylation is 1. The van der Waals surface area contributed by atoms with Crippen LogP contribution in [0.4, 0.5) is 0 Å². The standard InChI is InChI=1S/C16H20O3/c1-10-5-6-11(16(2,3)4)9-12(10)15(18)13-7-8-14(17)19-13/h5-6,9,13H,7-8H2,1-4H3. The van der Waals surface area contributed by atoms with Crippen LogP contribution in [0.3, 0.4) is 0 Å². The van der Waals surface area contributed by atoms with E-state index >= 15 is 0 Å². The lowest BCUT2D eigenvalue weighted by Gasteiger charge is -2.21. The predicted octanol–water partition coefficient (Wildman–Crippen LogP) is 3.18. The molecule has 0 aromatic heterocycles. The minimum Gasteiger partial charge on any atom is -0.454 e. The van der Waals surface area contributed by atoms with Crippen molar-refractivity contribution < 1.29 is 14.3 Å². The Hall–Kier alpha value is -1.64. The molecule has 0 radical (unpaired) electrons. The molecule has 1 aromatic rings. The van der Waals surface area contributed by atoms with Crippen molar-refractivity contribution in [3.05, 3.63) is 34.9 Å². The van der Waals surface area contributed by atoms with Gasteiger partial charge >= 0.3 is 5.97 Å². The van der Waals surface area contributed by atoms with Crippen LogP contribution in [-0.4, -0.2) is 17.9 Å². The fourth-order valence-corrected chi connectivity index (χ4v) is 2.24. The maximum absolute atomic E-state index is 12.4. The van der Waals surface area contributed by atoms with Crippen LogP contribution in [0.2, 0.25) is 0 Å². The van der Waals surface area contributed by atoms with Gasteiger partial charge in [-0.15, -0.1) is 0 Å². The molecule has 1 unspecified atom stereocenters. The zero-order chi connectivity index (χ0) is 14.2. The molecule has 3 nitrogen and oxygen atoms in total. The SMILES string of the molecule is Cc1ccc(C(C)(C)C)cc1C(=O)C1CCC(=O)O1. The average Bonchev–Trinajstić information content (AvgIpc) is 2.74. The summed E-state index contributed by atoms with van der Waals surface area (Å²) in [6.45, 7) is 8.25. The first-order valence-corrected chi connectivity index (χ1v) is 6.64. The van der Waals surface area contributed by atoms with Gasteiger partial charge in [0.05, 0.1) is 0 Å². The maximum atomic E-state index is 12.4. The quantitative estimate of drug-likeness (QED) is 0.606. The van der Waals surface area contributed by atoms with Crippen molar-refractivity contribution in [3.63, 3.8) is 0 Å². The lowest BCUT2D eigenvalue weighted by Crippen LogP contribution is -2.22. The minimum absolute atomic E-state index is 0.00488. The van der Waals surface area contributed by atoms with Gasteiger partial charge in [-0.1, -0.05) is 32.9 Å². The van der Waals surface area contributed by atoms with Crippen molar-refractivity contribution in [2.24, 2.45) is 0 Å². The second-order valence-corrected chi connectivity index (χ2v) is 6.16. The number of ether oxygens (including phenoxy) is 1. The highest BCUT2D eigenvalue weighted by Crippen LogP contribution is 2.27. The second kappa shape index (κ2) is 4.80. The van der Waals surface area contributed by atoms with Gasteiger partial charge in [0, 0.05) is 18.4 Å². The van der Waals surface area contributed by atoms with Gasteiger partial charge in [-0.25, -0.2) is 0 Å². The van der Waals surface area contributed by atoms with Crippen LogP contribution < -0.4 is 0 Å². The molecule has 102 valence electrons. The Morgan fingerprint density at radius 3 is 2.53 bits per heavy atom. The van der Waals surface area contributed by atoms with Crippen LogP contribution in [0.5, 0.6) is 0 Å². The van der Waals surface area contributed by atoms with Crippen LogP contribution in [0.25, 0.3) is 0 Å². The number of carbonyl (C=O) groups excluding carboxylic acids is 2. The predicted molar refractivity (Wildman–Crippen MR) is 73.3 cm³/mol. The molecule has 1 aliphatic heterocycles. The third-order valence-corrected chi connectivity index (χ3v) is 3.55. The number of esters is 1. The Bertz CT molecular complexity index is 523. The number of rotatable bonds is 2. The Labute approximate surface area is 114 Å². The highest BCUT2D eigenvalue weighted by Gasteiger charge is 2.31. The summed E-state index contributed by atoms with van der Waals surface area (Å²) >= 11 is 0. The van der Waals surface area contributed by atoms with E-state index in [1.807, 2.05) is 25.1 Å². The third-order valence-electron chi connectivity index (χ3n) is 3.55. The molecule has 0 amide bonds. The van der Waals surface area contributed by atoms with Crippen LogP contribution >= 0.6 is 0 Å². The summed E-state index contributed by atoms with van der Waals surface area (Å²) in [4.78, 5) is 23.5. The largest absolute Gasteiger partial charge is 0.454 e. The molecule has 1 aliphatic rings. The number of hydrogen-bond donors (Lipinski definition) is 0. The van der Waals surface area contributed by atoms with Crippen molar-refractivity contribution >= 4 is 11.8 Å². The van der Waals surface area contributed by atoms with Gasteiger partial charge in [0.25, 0.3) is 0 Å². The van der Waals surface area contributed by atoms with E-state index in [-0.39, 0.29) is 17.2 Å². The molecule has 0 bridgehead atoms. The molecule has 0 spiro atoms. The summed E-state index contributed by atoms with van der Waals surface area (Å²) in [7, 11) is 0. The lowest BCUT2D eigenvalue weighted by molar-refractivity contribution is -0.140. The van der Waals surface area contributed by atoms with Gasteiger partial charge in [0.15, 0.2) is 6.10 Å². The van der Waals surface area contributed by atoms with Gasteiger partial charge in [-0.05, 0) is 29.5 Å². The monoisotopic (exact) mass is 260 g/mol. The van der Waals surface area contributed by atoms with E-state index in [1.165, 1.54) is 0 Å². The zero-order valence-corrected chi connectivity index (χ0v) is 11.9. The Balaban J connectivity index is 2.33. The summed E-state index contributed by atoms with van der Waals surface area (Å²) in [5.74, 6) is -0.350. The molecule has 1 aromatic carbocycles. The van der Waals surface area contributed by atoms with Gasteiger partial charge in [0.2, 0.25) is 5.78 Å². The number of Topliss-reactive ketones (excluding diaryl/α,β-unsaturated/α-hetero) is 1. The molecule has 1 atom stereocenters. The van der Waals surface area contributed by atoms with Crippen LogP contribution in [-0.2, 0) is 14.9 Å². The van der Waals surface area contributed by atoms with Crippen LogP contribution in [0.1, 0.15) is 55.1 Å². The fraction of sp³-hybridized carbons (Fsp3) is 0.500. The molecule has 0 aliphatic carbocycles. The van der Waals surface area contributed by atoms with Crippen molar-refractivity contribution in [1.82, 2.24) is 0 Å². The highest BCUT2D eigenvalue weighted by atomic mass is 16.6. The molecule has 1 heterocycles. The molecule has 3 heteroatoms. The average molecular weight is 260 g/mol. The third kappa shape index (κ3) is 2.86. The summed E-state index contributed by atoms with van der Waals surface area (Å²) < 4.78 is 5.07. The van der Waals surface area contributed by atoms with Crippen molar-refractivity contribution in [2.75, 3.05) is 0 Å². The molecule has 1 saturated heterocycles.